The fourth-order valence-corrected chi connectivity index (χ4v) is 4.33. The molecule has 3 aromatic rings. The van der Waals surface area contributed by atoms with Crippen LogP contribution >= 0.6 is 15.9 Å². The fraction of sp³-hybridized carbons (Fsp3) is 0.263. The number of sulfonamides is 1. The summed E-state index contributed by atoms with van der Waals surface area (Å²) in [6.07, 6.45) is 1.57. The van der Waals surface area contributed by atoms with Crippen LogP contribution in [0, 0.1) is 0 Å². The van der Waals surface area contributed by atoms with E-state index in [1.54, 1.807) is 37.7 Å². The van der Waals surface area contributed by atoms with Crippen LogP contribution in [0.3, 0.4) is 0 Å². The Morgan fingerprint density at radius 3 is 2.59 bits per heavy atom. The average Bonchev–Trinajstić information content (AvgIpc) is 3.25. The number of anilines is 1. The van der Waals surface area contributed by atoms with E-state index in [2.05, 4.69) is 31.1 Å². The summed E-state index contributed by atoms with van der Waals surface area (Å²) in [5.74, 6) is -0.233. The second kappa shape index (κ2) is 8.13. The zero-order valence-electron chi connectivity index (χ0n) is 16.1. The second-order valence-electron chi connectivity index (χ2n) is 7.39. The van der Waals surface area contributed by atoms with E-state index in [0.29, 0.717) is 12.4 Å². The Labute approximate surface area is 177 Å². The molecule has 10 heteroatoms. The third-order valence-electron chi connectivity index (χ3n) is 3.75. The maximum Gasteiger partial charge on any atom is 0.292 e. The van der Waals surface area contributed by atoms with E-state index in [0.717, 1.165) is 10.0 Å². The number of hydrogen-bond donors (Lipinski definition) is 2. The van der Waals surface area contributed by atoms with Gasteiger partial charge in [0.25, 0.3) is 15.9 Å². The molecule has 0 aliphatic heterocycles. The molecule has 0 saturated heterocycles. The maximum atomic E-state index is 12.5. The van der Waals surface area contributed by atoms with Crippen LogP contribution in [0.5, 0.6) is 0 Å². The molecule has 2 aromatic heterocycles. The minimum Gasteiger partial charge on any atom is -0.438 e. The SMILES string of the molecule is CC(C)(C)NS(=O)(=O)c1ccc(C(=O)Nc2ccnn2Cc2ccccc2Br)o1. The summed E-state index contributed by atoms with van der Waals surface area (Å²) >= 11 is 3.49. The van der Waals surface area contributed by atoms with E-state index >= 15 is 0 Å². The van der Waals surface area contributed by atoms with Gasteiger partial charge in [0, 0.05) is 16.1 Å². The number of carbonyl (C=O) groups excluding carboxylic acids is 1. The molecule has 0 aliphatic rings. The predicted octanol–water partition coefficient (Wildman–Crippen LogP) is 3.62. The third-order valence-corrected chi connectivity index (χ3v) is 6.15. The number of amides is 1. The Morgan fingerprint density at radius 1 is 1.17 bits per heavy atom. The third kappa shape index (κ3) is 5.34. The van der Waals surface area contributed by atoms with E-state index in [9.17, 15) is 13.2 Å². The average molecular weight is 481 g/mol. The Kier molecular flexibility index (Phi) is 5.97. The first kappa shape index (κ1) is 21.3. The van der Waals surface area contributed by atoms with Gasteiger partial charge in [-0.1, -0.05) is 34.1 Å². The number of nitrogens with one attached hydrogen (secondary N) is 2. The quantitative estimate of drug-likeness (QED) is 0.560. The Balaban J connectivity index is 1.75. The van der Waals surface area contributed by atoms with E-state index in [4.69, 9.17) is 4.42 Å². The van der Waals surface area contributed by atoms with Crippen LogP contribution in [0.1, 0.15) is 36.9 Å². The number of aromatic nitrogens is 2. The lowest BCUT2D eigenvalue weighted by Gasteiger charge is -2.18. The summed E-state index contributed by atoms with van der Waals surface area (Å²) in [6, 6.07) is 11.9. The number of benzene rings is 1. The van der Waals surface area contributed by atoms with Crippen molar-refractivity contribution < 1.29 is 17.6 Å². The molecule has 0 bridgehead atoms. The minimum atomic E-state index is -3.87. The highest BCUT2D eigenvalue weighted by molar-refractivity contribution is 9.10. The molecule has 1 aromatic carbocycles. The molecular weight excluding hydrogens is 460 g/mol. The summed E-state index contributed by atoms with van der Waals surface area (Å²) in [7, 11) is -3.87. The molecular formula is C19H21BrN4O4S. The topological polar surface area (TPSA) is 106 Å². The number of nitrogens with zero attached hydrogens (tertiary/aromatic N) is 2. The van der Waals surface area contributed by atoms with Gasteiger partial charge < -0.3 is 9.73 Å². The van der Waals surface area contributed by atoms with Gasteiger partial charge in [-0.05, 0) is 44.5 Å². The van der Waals surface area contributed by atoms with Gasteiger partial charge in [-0.2, -0.15) is 5.10 Å². The smallest absolute Gasteiger partial charge is 0.292 e. The van der Waals surface area contributed by atoms with E-state index in [-0.39, 0.29) is 10.9 Å². The molecule has 29 heavy (non-hydrogen) atoms. The van der Waals surface area contributed by atoms with E-state index in [1.807, 2.05) is 24.3 Å². The van der Waals surface area contributed by atoms with Crippen LogP contribution < -0.4 is 10.0 Å². The maximum absolute atomic E-state index is 12.5. The summed E-state index contributed by atoms with van der Waals surface area (Å²) in [6.45, 7) is 5.59. The largest absolute Gasteiger partial charge is 0.438 e. The highest BCUT2D eigenvalue weighted by Crippen LogP contribution is 2.20. The molecule has 3 rings (SSSR count). The molecule has 2 heterocycles. The van der Waals surface area contributed by atoms with Gasteiger partial charge >= 0.3 is 0 Å². The summed E-state index contributed by atoms with van der Waals surface area (Å²) in [5.41, 5.74) is 0.318. The van der Waals surface area contributed by atoms with Gasteiger partial charge in [0.2, 0.25) is 5.09 Å². The van der Waals surface area contributed by atoms with Crippen molar-refractivity contribution in [2.45, 2.75) is 37.9 Å². The summed E-state index contributed by atoms with van der Waals surface area (Å²) in [5, 5.41) is 6.61. The van der Waals surface area contributed by atoms with Crippen LogP contribution in [0.15, 0.2) is 62.6 Å². The molecule has 1 amide bonds. The van der Waals surface area contributed by atoms with Crippen molar-refractivity contribution in [3.63, 3.8) is 0 Å². The molecule has 0 saturated carbocycles. The van der Waals surface area contributed by atoms with Crippen LogP contribution in [0.2, 0.25) is 0 Å². The van der Waals surface area contributed by atoms with Crippen molar-refractivity contribution in [1.82, 2.24) is 14.5 Å². The van der Waals surface area contributed by atoms with Crippen LogP contribution in [-0.2, 0) is 16.6 Å². The first-order valence-electron chi connectivity index (χ1n) is 8.75. The van der Waals surface area contributed by atoms with Gasteiger partial charge in [-0.15, -0.1) is 0 Å². The lowest BCUT2D eigenvalue weighted by molar-refractivity contribution is 0.0990. The van der Waals surface area contributed by atoms with Crippen LogP contribution in [0.25, 0.3) is 0 Å². The fourth-order valence-electron chi connectivity index (χ4n) is 2.57. The highest BCUT2D eigenvalue weighted by Gasteiger charge is 2.26. The molecule has 0 fully saturated rings. The zero-order valence-corrected chi connectivity index (χ0v) is 18.5. The molecule has 0 unspecified atom stereocenters. The van der Waals surface area contributed by atoms with Crippen molar-refractivity contribution in [2.24, 2.45) is 0 Å². The normalized spacial score (nSPS) is 12.1. The molecule has 0 atom stereocenters. The Hall–Kier alpha value is -2.43. The van der Waals surface area contributed by atoms with E-state index < -0.39 is 21.5 Å². The van der Waals surface area contributed by atoms with Crippen LogP contribution in [0.4, 0.5) is 5.82 Å². The van der Waals surface area contributed by atoms with E-state index in [1.165, 1.54) is 12.1 Å². The Morgan fingerprint density at radius 2 is 1.90 bits per heavy atom. The van der Waals surface area contributed by atoms with Gasteiger partial charge in [0.15, 0.2) is 5.76 Å². The standard InChI is InChI=1S/C19H21BrN4O4S/c1-19(2,3)23-29(26,27)17-9-8-15(28-17)18(25)22-16-10-11-21-24(16)12-13-6-4-5-7-14(13)20/h4-11,23H,12H2,1-3H3,(H,22,25). The van der Waals surface area contributed by atoms with Gasteiger partial charge in [0.1, 0.15) is 5.82 Å². The van der Waals surface area contributed by atoms with Crippen molar-refractivity contribution in [1.29, 1.82) is 0 Å². The number of halogens is 1. The molecule has 0 radical (unpaired) electrons. The van der Waals surface area contributed by atoms with Gasteiger partial charge in [0.05, 0.1) is 12.7 Å². The molecule has 0 aliphatic carbocycles. The number of rotatable bonds is 6. The monoisotopic (exact) mass is 480 g/mol. The molecule has 154 valence electrons. The van der Waals surface area contributed by atoms with Crippen molar-refractivity contribution in [3.05, 3.63) is 64.5 Å². The summed E-state index contributed by atoms with van der Waals surface area (Å²) < 4.78 is 35.0. The van der Waals surface area contributed by atoms with Crippen LogP contribution in [-0.4, -0.2) is 29.6 Å². The minimum absolute atomic E-state index is 0.118. The zero-order chi connectivity index (χ0) is 21.2. The number of hydrogen-bond acceptors (Lipinski definition) is 5. The van der Waals surface area contributed by atoms with Gasteiger partial charge in [-0.25, -0.2) is 17.8 Å². The lowest BCUT2D eigenvalue weighted by Crippen LogP contribution is -2.40. The first-order valence-corrected chi connectivity index (χ1v) is 11.0. The Bertz CT molecular complexity index is 1130. The van der Waals surface area contributed by atoms with Gasteiger partial charge in [-0.3, -0.25) is 4.79 Å². The first-order chi connectivity index (χ1) is 13.5. The predicted molar refractivity (Wildman–Crippen MR) is 112 cm³/mol. The lowest BCUT2D eigenvalue weighted by atomic mass is 10.1. The number of furan rings is 1. The second-order valence-corrected chi connectivity index (χ2v) is 9.86. The molecule has 2 N–H and O–H groups in total. The van der Waals surface area contributed by atoms with Crippen molar-refractivity contribution in [2.75, 3.05) is 5.32 Å². The molecule has 8 nitrogen and oxygen atoms in total. The van der Waals surface area contributed by atoms with Crippen molar-refractivity contribution in [3.8, 4) is 0 Å². The number of carbonyl (C=O) groups is 1. The van der Waals surface area contributed by atoms with Crippen molar-refractivity contribution >= 4 is 37.7 Å². The summed E-state index contributed by atoms with van der Waals surface area (Å²) in [4.78, 5) is 12.5. The molecule has 0 spiro atoms. The highest BCUT2D eigenvalue weighted by atomic mass is 79.9.